The Morgan fingerprint density at radius 2 is 2.07 bits per heavy atom. The van der Waals surface area contributed by atoms with Crippen molar-refractivity contribution in [2.24, 2.45) is 11.7 Å². The number of nitrogens with zero attached hydrogens (tertiary/aromatic N) is 4. The van der Waals surface area contributed by atoms with Crippen molar-refractivity contribution in [3.8, 4) is 6.07 Å². The number of alkyl halides is 3. The molecule has 160 valence electrons. The van der Waals surface area contributed by atoms with Gasteiger partial charge < -0.3 is 16.2 Å². The maximum atomic E-state index is 13.0. The molecule has 2 aromatic rings. The molecule has 0 aliphatic heterocycles. The Labute approximate surface area is 170 Å². The van der Waals surface area contributed by atoms with Crippen molar-refractivity contribution < 1.29 is 23.1 Å². The molecule has 2 heterocycles. The maximum absolute atomic E-state index is 13.0. The molecule has 0 spiro atoms. The highest BCUT2D eigenvalue weighted by molar-refractivity contribution is 5.98. The lowest BCUT2D eigenvalue weighted by molar-refractivity contribution is -0.260. The molecule has 1 fully saturated rings. The fraction of sp³-hybridized carbons (Fsp3) is 0.474. The Morgan fingerprint density at radius 3 is 2.63 bits per heavy atom. The van der Waals surface area contributed by atoms with E-state index in [1.807, 2.05) is 0 Å². The van der Waals surface area contributed by atoms with Crippen molar-refractivity contribution >= 4 is 17.4 Å². The van der Waals surface area contributed by atoms with Gasteiger partial charge in [0.25, 0.3) is 5.91 Å². The number of amides is 1. The number of anilines is 2. The van der Waals surface area contributed by atoms with Crippen LogP contribution in [0, 0.1) is 17.2 Å². The molecule has 3 rings (SSSR count). The van der Waals surface area contributed by atoms with Gasteiger partial charge in [-0.1, -0.05) is 12.8 Å². The number of hydrogen-bond donors (Lipinski definition) is 3. The summed E-state index contributed by atoms with van der Waals surface area (Å²) < 4.78 is 40.4. The molecule has 8 nitrogen and oxygen atoms in total. The van der Waals surface area contributed by atoms with Crippen LogP contribution in [-0.2, 0) is 5.60 Å². The second-order valence-electron chi connectivity index (χ2n) is 7.45. The van der Waals surface area contributed by atoms with E-state index in [1.54, 1.807) is 4.68 Å². The van der Waals surface area contributed by atoms with Gasteiger partial charge in [-0.05, 0) is 31.9 Å². The minimum absolute atomic E-state index is 0.0867. The molecule has 0 unspecified atom stereocenters. The van der Waals surface area contributed by atoms with E-state index in [4.69, 9.17) is 5.73 Å². The van der Waals surface area contributed by atoms with Crippen LogP contribution in [0.4, 0.5) is 24.7 Å². The molecule has 4 N–H and O–H groups in total. The molecule has 1 saturated carbocycles. The van der Waals surface area contributed by atoms with Crippen LogP contribution in [0.15, 0.2) is 24.5 Å². The van der Waals surface area contributed by atoms with E-state index in [-0.39, 0.29) is 29.0 Å². The standard InChI is InChI=1S/C19H21F3N6O2/c1-18(30,19(20,21)22)15-7-6-12(9-25-15)26-17-13(16(24)29)10-28(27-17)14-5-3-2-4-11(14)8-23/h6-7,9-11,14,30H,2-5H2,1H3,(H2,24,29)(H,26,27)/t11-,14+,18+/m1/s1. The van der Waals surface area contributed by atoms with Gasteiger partial charge in [0.1, 0.15) is 5.56 Å². The second-order valence-corrected chi connectivity index (χ2v) is 7.45. The third-order valence-corrected chi connectivity index (χ3v) is 5.31. The van der Waals surface area contributed by atoms with Crippen molar-refractivity contribution in [2.45, 2.75) is 50.4 Å². The molecule has 0 bridgehead atoms. The summed E-state index contributed by atoms with van der Waals surface area (Å²) in [5, 5.41) is 26.3. The molecule has 1 amide bonds. The molecule has 3 atom stereocenters. The smallest absolute Gasteiger partial charge is 0.375 e. The number of carbonyl (C=O) groups excluding carboxylic acids is 1. The Bertz CT molecular complexity index is 962. The number of nitriles is 1. The van der Waals surface area contributed by atoms with Crippen molar-refractivity contribution in [2.75, 3.05) is 5.32 Å². The van der Waals surface area contributed by atoms with Gasteiger partial charge in [0.15, 0.2) is 11.4 Å². The number of aromatic nitrogens is 3. The first-order chi connectivity index (χ1) is 14.0. The second kappa shape index (κ2) is 7.95. The number of aliphatic hydroxyl groups is 1. The summed E-state index contributed by atoms with van der Waals surface area (Å²) in [4.78, 5) is 15.5. The molecule has 11 heteroatoms. The highest BCUT2D eigenvalue weighted by Gasteiger charge is 2.52. The number of nitrogens with two attached hydrogens (primary N) is 1. The largest absolute Gasteiger partial charge is 0.422 e. The SMILES string of the molecule is C[C@](O)(c1ccc(Nc2nn([C@H]3CCCC[C@@H]3C#N)cc2C(N)=O)cn1)C(F)(F)F. The van der Waals surface area contributed by atoms with E-state index in [0.29, 0.717) is 6.92 Å². The van der Waals surface area contributed by atoms with Crippen LogP contribution in [0.2, 0.25) is 0 Å². The Morgan fingerprint density at radius 1 is 1.37 bits per heavy atom. The Kier molecular flexibility index (Phi) is 5.72. The zero-order chi connectivity index (χ0) is 22.1. The van der Waals surface area contributed by atoms with Gasteiger partial charge in [0.05, 0.1) is 35.6 Å². The highest BCUT2D eigenvalue weighted by Crippen LogP contribution is 2.38. The van der Waals surface area contributed by atoms with Crippen LogP contribution in [0.5, 0.6) is 0 Å². The summed E-state index contributed by atoms with van der Waals surface area (Å²) in [6.45, 7) is 0.616. The minimum Gasteiger partial charge on any atom is -0.375 e. The number of nitrogens with one attached hydrogen (secondary N) is 1. The van der Waals surface area contributed by atoms with E-state index >= 15 is 0 Å². The van der Waals surface area contributed by atoms with Crippen molar-refractivity contribution in [1.82, 2.24) is 14.8 Å². The van der Waals surface area contributed by atoms with Crippen LogP contribution >= 0.6 is 0 Å². The first-order valence-electron chi connectivity index (χ1n) is 9.36. The summed E-state index contributed by atoms with van der Waals surface area (Å²) in [6.07, 6.45) is 1.04. The molecule has 2 aromatic heterocycles. The minimum atomic E-state index is -4.88. The third kappa shape index (κ3) is 4.09. The van der Waals surface area contributed by atoms with Gasteiger partial charge >= 0.3 is 6.18 Å². The van der Waals surface area contributed by atoms with Gasteiger partial charge in [-0.3, -0.25) is 14.5 Å². The van der Waals surface area contributed by atoms with Gasteiger partial charge in [-0.15, -0.1) is 0 Å². The predicted octanol–water partition coefficient (Wildman–Crippen LogP) is 3.15. The summed E-state index contributed by atoms with van der Waals surface area (Å²) >= 11 is 0. The van der Waals surface area contributed by atoms with E-state index in [9.17, 15) is 28.3 Å². The predicted molar refractivity (Wildman–Crippen MR) is 100 cm³/mol. The van der Waals surface area contributed by atoms with Gasteiger partial charge in [-0.2, -0.15) is 23.5 Å². The fourth-order valence-corrected chi connectivity index (χ4v) is 3.45. The number of halogens is 3. The molecule has 1 aliphatic rings. The van der Waals surface area contributed by atoms with Crippen LogP contribution in [-0.4, -0.2) is 32.0 Å². The van der Waals surface area contributed by atoms with Gasteiger partial charge in [0.2, 0.25) is 0 Å². The first kappa shape index (κ1) is 21.6. The van der Waals surface area contributed by atoms with E-state index in [1.165, 1.54) is 12.3 Å². The normalized spacial score (nSPS) is 21.5. The average molecular weight is 422 g/mol. The third-order valence-electron chi connectivity index (χ3n) is 5.31. The van der Waals surface area contributed by atoms with Crippen LogP contribution in [0.25, 0.3) is 0 Å². The van der Waals surface area contributed by atoms with E-state index in [2.05, 4.69) is 21.5 Å². The van der Waals surface area contributed by atoms with Crippen LogP contribution < -0.4 is 11.1 Å². The lowest BCUT2D eigenvalue weighted by atomic mass is 9.85. The van der Waals surface area contributed by atoms with Crippen molar-refractivity contribution in [1.29, 1.82) is 5.26 Å². The number of primary amides is 1. The average Bonchev–Trinajstić information content (AvgIpc) is 3.11. The first-order valence-corrected chi connectivity index (χ1v) is 9.36. The molecule has 0 radical (unpaired) electrons. The maximum Gasteiger partial charge on any atom is 0.422 e. The topological polar surface area (TPSA) is 130 Å². The highest BCUT2D eigenvalue weighted by atomic mass is 19.4. The van der Waals surface area contributed by atoms with E-state index in [0.717, 1.165) is 37.9 Å². The summed E-state index contributed by atoms with van der Waals surface area (Å²) in [7, 11) is 0. The van der Waals surface area contributed by atoms with Crippen molar-refractivity contribution in [3.05, 3.63) is 35.8 Å². The van der Waals surface area contributed by atoms with Crippen LogP contribution in [0.3, 0.4) is 0 Å². The number of rotatable bonds is 5. The number of carbonyl (C=O) groups is 1. The number of pyridine rings is 1. The Hall–Kier alpha value is -3.13. The monoisotopic (exact) mass is 422 g/mol. The summed E-state index contributed by atoms with van der Waals surface area (Å²) in [6, 6.07) is 4.39. The molecule has 0 saturated heterocycles. The molecule has 0 aromatic carbocycles. The zero-order valence-corrected chi connectivity index (χ0v) is 16.1. The van der Waals surface area contributed by atoms with Crippen molar-refractivity contribution in [3.63, 3.8) is 0 Å². The van der Waals surface area contributed by atoms with Gasteiger partial charge in [-0.25, -0.2) is 0 Å². The Balaban J connectivity index is 1.87. The quantitative estimate of drug-likeness (QED) is 0.679. The fourth-order valence-electron chi connectivity index (χ4n) is 3.45. The molecule has 1 aliphatic carbocycles. The lowest BCUT2D eigenvalue weighted by Crippen LogP contribution is -2.39. The molecule has 30 heavy (non-hydrogen) atoms. The van der Waals surface area contributed by atoms with Gasteiger partial charge in [0, 0.05) is 6.20 Å². The number of hydrogen-bond acceptors (Lipinski definition) is 6. The lowest BCUT2D eigenvalue weighted by Gasteiger charge is -2.26. The van der Waals surface area contributed by atoms with E-state index < -0.39 is 23.4 Å². The molecular weight excluding hydrogens is 401 g/mol. The summed E-state index contributed by atoms with van der Waals surface area (Å²) in [5.41, 5.74) is 2.11. The summed E-state index contributed by atoms with van der Waals surface area (Å²) in [5.74, 6) is -0.864. The molecular formula is C19H21F3N6O2. The zero-order valence-electron chi connectivity index (χ0n) is 16.1. The van der Waals surface area contributed by atoms with Crippen LogP contribution in [0.1, 0.15) is 54.7 Å².